The van der Waals surface area contributed by atoms with E-state index in [1.165, 1.54) is 59.9 Å². The van der Waals surface area contributed by atoms with Crippen molar-refractivity contribution in [2.75, 3.05) is 0 Å². The van der Waals surface area contributed by atoms with E-state index in [9.17, 15) is 0 Å². The fraction of sp³-hybridized carbons (Fsp3) is 0.529. The van der Waals surface area contributed by atoms with Crippen molar-refractivity contribution >= 4 is 23.1 Å². The second-order valence-corrected chi connectivity index (χ2v) is 14.6. The molecule has 1 aliphatic carbocycles. The fourth-order valence-corrected chi connectivity index (χ4v) is 8.98. The van der Waals surface area contributed by atoms with Gasteiger partial charge in [-0.15, -0.1) is 0 Å². The normalized spacial score (nSPS) is 17.1. The van der Waals surface area contributed by atoms with Crippen LogP contribution in [0, 0.1) is 6.92 Å². The quantitative estimate of drug-likeness (QED) is 0.487. The average molecular weight is 390 g/mol. The van der Waals surface area contributed by atoms with Crippen molar-refractivity contribution in [3.8, 4) is 0 Å². The molecule has 0 aromatic heterocycles. The van der Waals surface area contributed by atoms with E-state index in [0.29, 0.717) is 3.63 Å². The van der Waals surface area contributed by atoms with Crippen LogP contribution in [-0.2, 0) is 25.8 Å². The van der Waals surface area contributed by atoms with Crippen molar-refractivity contribution in [1.82, 2.24) is 0 Å². The molecule has 1 aromatic carbocycles. The number of hydrogen-bond acceptors (Lipinski definition) is 0. The molecule has 0 saturated carbocycles. The Morgan fingerprint density at radius 1 is 1.10 bits per heavy atom. The van der Waals surface area contributed by atoms with Crippen LogP contribution in [0.5, 0.6) is 0 Å². The van der Waals surface area contributed by atoms with Crippen LogP contribution in [0.15, 0.2) is 17.7 Å². The van der Waals surface area contributed by atoms with Gasteiger partial charge in [-0.1, -0.05) is 0 Å². The zero-order chi connectivity index (χ0) is 14.7. The topological polar surface area (TPSA) is 0 Å². The Balaban J connectivity index is 2.25. The van der Waals surface area contributed by atoms with Crippen LogP contribution in [0.1, 0.15) is 65.4 Å². The summed E-state index contributed by atoms with van der Waals surface area (Å²) < 4.78 is 0.367. The Hall–Kier alpha value is 0.423. The number of allylic oxidation sites excluding steroid dienone is 1. The first-order chi connectivity index (χ1) is 9.56. The van der Waals surface area contributed by atoms with Gasteiger partial charge in [0.1, 0.15) is 0 Å². The Labute approximate surface area is 138 Å². The SMILES string of the molecule is CCCCCCc1ccc(C)c2c1C=C(C)[CH]2[Zr]([Cl])[Cl]. The molecule has 2 rings (SSSR count). The summed E-state index contributed by atoms with van der Waals surface area (Å²) in [5, 5.41) is 0. The summed E-state index contributed by atoms with van der Waals surface area (Å²) in [6.07, 6.45) is 8.77. The number of benzene rings is 1. The van der Waals surface area contributed by atoms with Gasteiger partial charge in [0.2, 0.25) is 0 Å². The van der Waals surface area contributed by atoms with Crippen molar-refractivity contribution < 1.29 is 19.4 Å². The summed E-state index contributed by atoms with van der Waals surface area (Å²) >= 11 is -2.30. The molecule has 20 heavy (non-hydrogen) atoms. The fourth-order valence-electron chi connectivity index (χ4n) is 3.12. The Bertz CT molecular complexity index is 506. The molecule has 1 unspecified atom stereocenters. The number of rotatable bonds is 6. The van der Waals surface area contributed by atoms with E-state index in [2.05, 4.69) is 39.0 Å². The minimum absolute atomic E-state index is 0.367. The second kappa shape index (κ2) is 7.61. The minimum atomic E-state index is -2.30. The monoisotopic (exact) mass is 387 g/mol. The molecule has 0 aliphatic heterocycles. The number of fused-ring (bicyclic) bond motifs is 1. The average Bonchev–Trinajstić information content (AvgIpc) is 2.75. The summed E-state index contributed by atoms with van der Waals surface area (Å²) in [5.74, 6) is 0. The van der Waals surface area contributed by atoms with Gasteiger partial charge in [-0.05, 0) is 0 Å². The third-order valence-corrected chi connectivity index (χ3v) is 9.71. The van der Waals surface area contributed by atoms with Gasteiger partial charge in [0, 0.05) is 0 Å². The number of halogens is 2. The Morgan fingerprint density at radius 3 is 2.50 bits per heavy atom. The molecule has 0 bridgehead atoms. The van der Waals surface area contributed by atoms with Crippen LogP contribution < -0.4 is 0 Å². The molecular weight excluding hydrogens is 366 g/mol. The first kappa shape index (κ1) is 16.8. The van der Waals surface area contributed by atoms with Gasteiger partial charge in [0.05, 0.1) is 0 Å². The first-order valence-corrected chi connectivity index (χ1v) is 15.3. The van der Waals surface area contributed by atoms with Crippen LogP contribution in [-0.4, -0.2) is 0 Å². The number of hydrogen-bond donors (Lipinski definition) is 0. The molecule has 0 amide bonds. The Morgan fingerprint density at radius 2 is 1.85 bits per heavy atom. The summed E-state index contributed by atoms with van der Waals surface area (Å²) in [5.41, 5.74) is 7.10. The molecule has 0 N–H and O–H groups in total. The van der Waals surface area contributed by atoms with Crippen molar-refractivity contribution in [1.29, 1.82) is 0 Å². The van der Waals surface area contributed by atoms with Crippen LogP contribution in [0.4, 0.5) is 0 Å². The van der Waals surface area contributed by atoms with Gasteiger partial charge in [0.25, 0.3) is 0 Å². The maximum atomic E-state index is 6.40. The molecular formula is C17H23Cl2Zr. The van der Waals surface area contributed by atoms with Gasteiger partial charge < -0.3 is 0 Å². The zero-order valence-corrected chi connectivity index (χ0v) is 16.6. The number of unbranched alkanes of at least 4 members (excludes halogenated alkanes) is 3. The van der Waals surface area contributed by atoms with E-state index < -0.39 is 19.4 Å². The Kier molecular flexibility index (Phi) is 6.39. The number of aryl methyl sites for hydroxylation is 2. The van der Waals surface area contributed by atoms with Crippen molar-refractivity contribution in [3.05, 3.63) is 40.0 Å². The summed E-state index contributed by atoms with van der Waals surface area (Å²) in [6, 6.07) is 4.56. The van der Waals surface area contributed by atoms with Crippen LogP contribution in [0.25, 0.3) is 6.08 Å². The first-order valence-electron chi connectivity index (χ1n) is 7.54. The van der Waals surface area contributed by atoms with Gasteiger partial charge in [-0.2, -0.15) is 0 Å². The molecule has 0 heterocycles. The van der Waals surface area contributed by atoms with Gasteiger partial charge in [-0.25, -0.2) is 0 Å². The van der Waals surface area contributed by atoms with Gasteiger partial charge in [-0.3, -0.25) is 0 Å². The third kappa shape index (κ3) is 3.60. The summed E-state index contributed by atoms with van der Waals surface area (Å²) in [6.45, 7) is 6.64. The second-order valence-electron chi connectivity index (χ2n) is 5.79. The molecule has 109 valence electrons. The maximum absolute atomic E-state index is 6.40. The third-order valence-electron chi connectivity index (χ3n) is 4.23. The van der Waals surface area contributed by atoms with Crippen LogP contribution in [0.2, 0.25) is 0 Å². The van der Waals surface area contributed by atoms with Crippen LogP contribution >= 0.6 is 17.0 Å². The zero-order valence-electron chi connectivity index (χ0n) is 12.6. The molecule has 1 aliphatic rings. The van der Waals surface area contributed by atoms with E-state index >= 15 is 0 Å². The van der Waals surface area contributed by atoms with Crippen molar-refractivity contribution in [2.24, 2.45) is 0 Å². The summed E-state index contributed by atoms with van der Waals surface area (Å²) in [7, 11) is 12.8. The molecule has 0 nitrogen and oxygen atoms in total. The predicted octanol–water partition coefficient (Wildman–Crippen LogP) is 6.50. The van der Waals surface area contributed by atoms with E-state index in [0.717, 1.165) is 0 Å². The predicted molar refractivity (Wildman–Crippen MR) is 87.1 cm³/mol. The molecule has 0 radical (unpaired) electrons. The van der Waals surface area contributed by atoms with E-state index in [-0.39, 0.29) is 0 Å². The molecule has 1 aromatic rings. The molecule has 1 atom stereocenters. The molecule has 0 saturated heterocycles. The van der Waals surface area contributed by atoms with E-state index in [1.807, 2.05) is 0 Å². The molecule has 3 heteroatoms. The van der Waals surface area contributed by atoms with E-state index in [4.69, 9.17) is 17.0 Å². The van der Waals surface area contributed by atoms with Crippen LogP contribution in [0.3, 0.4) is 0 Å². The molecule has 0 spiro atoms. The molecule has 0 fully saturated rings. The standard InChI is InChI=1S/C17H23.2ClH.Zr/c1-4-5-6-7-8-15-10-9-14(3)16-11-13(2)12-17(15)16;;;/h9-12H,4-8H2,1-3H3;2*1H;/q;;;+2/p-2. The van der Waals surface area contributed by atoms with Crippen molar-refractivity contribution in [3.63, 3.8) is 0 Å². The van der Waals surface area contributed by atoms with Crippen molar-refractivity contribution in [2.45, 2.75) is 56.5 Å². The van der Waals surface area contributed by atoms with Gasteiger partial charge in [0.15, 0.2) is 0 Å². The van der Waals surface area contributed by atoms with E-state index in [1.54, 1.807) is 0 Å². The summed E-state index contributed by atoms with van der Waals surface area (Å²) in [4.78, 5) is 0. The van der Waals surface area contributed by atoms with Gasteiger partial charge >= 0.3 is 139 Å².